The van der Waals surface area contributed by atoms with Crippen LogP contribution in [0.5, 0.6) is 0 Å². The molecule has 1 N–H and O–H groups in total. The molecule has 0 radical (unpaired) electrons. The molecule has 1 atom stereocenters. The van der Waals surface area contributed by atoms with Gasteiger partial charge in [0.05, 0.1) is 29.3 Å². The quantitative estimate of drug-likeness (QED) is 0.199. The smallest absolute Gasteiger partial charge is 0.338 e. The molecule has 1 amide bonds. The summed E-state index contributed by atoms with van der Waals surface area (Å²) < 4.78 is 5.06. The highest BCUT2D eigenvalue weighted by molar-refractivity contribution is 7.10. The van der Waals surface area contributed by atoms with Crippen LogP contribution in [0.25, 0.3) is 11.1 Å². The Morgan fingerprint density at radius 1 is 0.974 bits per heavy atom. The third-order valence-electron chi connectivity index (χ3n) is 6.12. The van der Waals surface area contributed by atoms with Crippen molar-refractivity contribution >= 4 is 52.4 Å². The van der Waals surface area contributed by atoms with Crippen molar-refractivity contribution in [3.05, 3.63) is 116 Å². The Hall–Kier alpha value is -3.65. The second-order valence-corrected chi connectivity index (χ2v) is 10.5. The van der Waals surface area contributed by atoms with Crippen molar-refractivity contribution in [2.75, 3.05) is 6.61 Å². The first kappa shape index (κ1) is 28.4. The predicted molar refractivity (Wildman–Crippen MR) is 154 cm³/mol. The monoisotopic (exact) mass is 581 g/mol. The van der Waals surface area contributed by atoms with Crippen LogP contribution in [-0.4, -0.2) is 40.5 Å². The number of hydrogen-bond acceptors (Lipinski definition) is 5. The highest BCUT2D eigenvalue weighted by Crippen LogP contribution is 2.32. The Kier molecular flexibility index (Phi) is 9.41. The van der Waals surface area contributed by atoms with Gasteiger partial charge < -0.3 is 14.7 Å². The zero-order valence-corrected chi connectivity index (χ0v) is 23.3. The first-order valence-corrected chi connectivity index (χ1v) is 13.8. The molecule has 4 aromatic rings. The Labute approximate surface area is 240 Å². The number of rotatable bonds is 10. The number of nitrogens with zero attached hydrogens (tertiary/aromatic N) is 1. The van der Waals surface area contributed by atoms with Gasteiger partial charge in [-0.2, -0.15) is 0 Å². The minimum atomic E-state index is -1.16. The Morgan fingerprint density at radius 2 is 1.69 bits per heavy atom. The summed E-state index contributed by atoms with van der Waals surface area (Å²) in [6.07, 6.45) is 0.113. The van der Waals surface area contributed by atoms with E-state index in [9.17, 15) is 19.5 Å². The van der Waals surface area contributed by atoms with Gasteiger partial charge in [0.1, 0.15) is 6.04 Å². The van der Waals surface area contributed by atoms with E-state index in [0.29, 0.717) is 10.6 Å². The molecule has 0 saturated heterocycles. The summed E-state index contributed by atoms with van der Waals surface area (Å²) in [5.74, 6) is -2.05. The molecule has 4 rings (SSSR count). The maximum absolute atomic E-state index is 13.9. The number of benzene rings is 3. The fourth-order valence-corrected chi connectivity index (χ4v) is 5.57. The average molecular weight is 583 g/mol. The van der Waals surface area contributed by atoms with Crippen molar-refractivity contribution in [1.82, 2.24) is 4.90 Å². The lowest BCUT2D eigenvalue weighted by Crippen LogP contribution is -2.46. The van der Waals surface area contributed by atoms with Crippen molar-refractivity contribution in [3.8, 4) is 11.1 Å². The molecule has 1 aromatic heterocycles. The van der Waals surface area contributed by atoms with Gasteiger partial charge in [-0.25, -0.2) is 9.59 Å². The number of ether oxygens (including phenoxy) is 1. The number of carbonyl (C=O) groups is 3. The summed E-state index contributed by atoms with van der Waals surface area (Å²) in [6, 6.07) is 21.4. The Morgan fingerprint density at radius 3 is 2.33 bits per heavy atom. The number of thiophene rings is 1. The first-order chi connectivity index (χ1) is 18.8. The molecule has 200 valence electrons. The fraction of sp³-hybridized carbons (Fsp3) is 0.167. The fourth-order valence-electron chi connectivity index (χ4n) is 4.18. The van der Waals surface area contributed by atoms with Gasteiger partial charge in [0.25, 0.3) is 5.91 Å². The van der Waals surface area contributed by atoms with Crippen molar-refractivity contribution in [2.45, 2.75) is 25.9 Å². The van der Waals surface area contributed by atoms with Gasteiger partial charge >= 0.3 is 11.9 Å². The molecule has 9 heteroatoms. The van der Waals surface area contributed by atoms with Crippen LogP contribution >= 0.6 is 34.5 Å². The van der Waals surface area contributed by atoms with E-state index in [0.717, 1.165) is 21.6 Å². The number of carboxylic acid groups (broad SMARTS) is 1. The minimum Gasteiger partial charge on any atom is -0.480 e. The van der Waals surface area contributed by atoms with Gasteiger partial charge in [-0.1, -0.05) is 65.7 Å². The normalized spacial score (nSPS) is 11.6. The van der Waals surface area contributed by atoms with Gasteiger partial charge in [0, 0.05) is 16.3 Å². The van der Waals surface area contributed by atoms with Crippen LogP contribution in [0.15, 0.2) is 84.2 Å². The summed E-state index contributed by atoms with van der Waals surface area (Å²) in [6.45, 7) is 2.06. The van der Waals surface area contributed by atoms with Crippen LogP contribution in [0.4, 0.5) is 0 Å². The number of amides is 1. The molecule has 0 aliphatic carbocycles. The third kappa shape index (κ3) is 6.87. The maximum Gasteiger partial charge on any atom is 0.338 e. The number of carboxylic acids is 1. The molecule has 3 aromatic carbocycles. The molecule has 0 aliphatic rings. The van der Waals surface area contributed by atoms with E-state index in [-0.39, 0.29) is 30.2 Å². The molecule has 0 aliphatic heterocycles. The molecule has 0 bridgehead atoms. The van der Waals surface area contributed by atoms with Crippen LogP contribution in [-0.2, 0) is 22.5 Å². The number of hydrogen-bond donors (Lipinski definition) is 1. The van der Waals surface area contributed by atoms with Gasteiger partial charge in [0.15, 0.2) is 0 Å². The van der Waals surface area contributed by atoms with E-state index in [2.05, 4.69) is 0 Å². The predicted octanol–water partition coefficient (Wildman–Crippen LogP) is 7.24. The first-order valence-electron chi connectivity index (χ1n) is 12.1. The summed E-state index contributed by atoms with van der Waals surface area (Å²) >= 11 is 13.8. The lowest BCUT2D eigenvalue weighted by Gasteiger charge is -2.30. The van der Waals surface area contributed by atoms with Crippen molar-refractivity contribution in [2.24, 2.45) is 0 Å². The summed E-state index contributed by atoms with van der Waals surface area (Å²) in [5.41, 5.74) is 3.04. The molecule has 0 fully saturated rings. The van der Waals surface area contributed by atoms with Gasteiger partial charge in [-0.3, -0.25) is 4.79 Å². The topological polar surface area (TPSA) is 83.9 Å². The van der Waals surface area contributed by atoms with Crippen molar-refractivity contribution in [1.29, 1.82) is 0 Å². The van der Waals surface area contributed by atoms with E-state index in [1.807, 2.05) is 41.8 Å². The zero-order valence-electron chi connectivity index (χ0n) is 21.0. The van der Waals surface area contributed by atoms with Crippen LogP contribution in [0.3, 0.4) is 0 Å². The second kappa shape index (κ2) is 12.9. The van der Waals surface area contributed by atoms with Crippen LogP contribution in [0.1, 0.15) is 38.1 Å². The van der Waals surface area contributed by atoms with Crippen LogP contribution in [0.2, 0.25) is 10.0 Å². The zero-order chi connectivity index (χ0) is 27.9. The molecule has 1 heterocycles. The highest BCUT2D eigenvalue weighted by atomic mass is 35.5. The molecule has 39 heavy (non-hydrogen) atoms. The molecule has 0 spiro atoms. The second-order valence-electron chi connectivity index (χ2n) is 8.66. The van der Waals surface area contributed by atoms with Crippen molar-refractivity contribution < 1.29 is 24.2 Å². The maximum atomic E-state index is 13.9. The number of halogens is 2. The van der Waals surface area contributed by atoms with Crippen molar-refractivity contribution in [3.63, 3.8) is 0 Å². The van der Waals surface area contributed by atoms with E-state index >= 15 is 0 Å². The summed E-state index contributed by atoms with van der Waals surface area (Å²) in [4.78, 5) is 40.6. The van der Waals surface area contributed by atoms with E-state index in [4.69, 9.17) is 27.9 Å². The average Bonchev–Trinajstić information content (AvgIpc) is 3.39. The van der Waals surface area contributed by atoms with Gasteiger partial charge in [-0.15, -0.1) is 11.3 Å². The lowest BCUT2D eigenvalue weighted by molar-refractivity contribution is -0.142. The Bertz CT molecular complexity index is 1470. The van der Waals surface area contributed by atoms with E-state index in [1.54, 1.807) is 37.3 Å². The third-order valence-corrected chi connectivity index (χ3v) is 7.58. The molecule has 0 saturated carbocycles. The standard InChI is InChI=1S/C30H25Cl2NO5S/c1-2-38-30(37)21-10-8-20(9-11-21)23-14-15-39-27(23)18-33(28(34)24-13-12-22(31)17-25(24)32)26(29(35)36)16-19-6-4-3-5-7-19/h3-15,17,26H,2,16,18H2,1H3,(H,35,36). The number of esters is 1. The molecular formula is C30H25Cl2NO5S. The van der Waals surface area contributed by atoms with Gasteiger partial charge in [0.2, 0.25) is 0 Å². The minimum absolute atomic E-state index is 0.0359. The van der Waals surface area contributed by atoms with E-state index in [1.165, 1.54) is 28.4 Å². The van der Waals surface area contributed by atoms with Gasteiger partial charge in [-0.05, 0) is 65.4 Å². The van der Waals surface area contributed by atoms with Crippen LogP contribution in [0, 0.1) is 0 Å². The molecule has 1 unspecified atom stereocenters. The summed E-state index contributed by atoms with van der Waals surface area (Å²) in [5, 5.41) is 12.7. The lowest BCUT2D eigenvalue weighted by atomic mass is 10.0. The highest BCUT2D eigenvalue weighted by Gasteiger charge is 2.32. The molecular weight excluding hydrogens is 557 g/mol. The van der Waals surface area contributed by atoms with E-state index < -0.39 is 23.9 Å². The SMILES string of the molecule is CCOC(=O)c1ccc(-c2ccsc2CN(C(=O)c2ccc(Cl)cc2Cl)C(Cc2ccccc2)C(=O)O)cc1. The summed E-state index contributed by atoms with van der Waals surface area (Å²) in [7, 11) is 0. The molecule has 6 nitrogen and oxygen atoms in total. The Balaban J connectivity index is 1.71. The number of aliphatic carboxylic acids is 1. The van der Waals surface area contributed by atoms with Crippen LogP contribution < -0.4 is 0 Å². The number of carbonyl (C=O) groups excluding carboxylic acids is 2. The largest absolute Gasteiger partial charge is 0.480 e.